The van der Waals surface area contributed by atoms with Crippen LogP contribution in [0.15, 0.2) is 24.5 Å². The second-order valence-electron chi connectivity index (χ2n) is 4.97. The molecule has 1 aromatic heterocycles. The monoisotopic (exact) mass is 305 g/mol. The van der Waals surface area contributed by atoms with E-state index in [9.17, 15) is 4.79 Å². The van der Waals surface area contributed by atoms with Gasteiger partial charge in [-0.3, -0.25) is 4.79 Å². The summed E-state index contributed by atoms with van der Waals surface area (Å²) in [6, 6.07) is 5.34. The van der Waals surface area contributed by atoms with E-state index in [4.69, 9.17) is 16.3 Å². The first-order valence-corrected chi connectivity index (χ1v) is 7.17. The van der Waals surface area contributed by atoms with Gasteiger partial charge in [-0.05, 0) is 25.1 Å². The van der Waals surface area contributed by atoms with Crippen molar-refractivity contribution in [3.05, 3.63) is 46.5 Å². The third-order valence-corrected chi connectivity index (χ3v) is 3.81. The second kappa shape index (κ2) is 5.50. The van der Waals surface area contributed by atoms with Crippen molar-refractivity contribution in [2.24, 2.45) is 0 Å². The van der Waals surface area contributed by atoms with Crippen LogP contribution in [0.3, 0.4) is 0 Å². The molecule has 1 amide bonds. The largest absolute Gasteiger partial charge is 0.375 e. The fourth-order valence-electron chi connectivity index (χ4n) is 2.50. The highest BCUT2D eigenvalue weighted by Crippen LogP contribution is 2.27. The lowest BCUT2D eigenvalue weighted by atomic mass is 10.1. The lowest BCUT2D eigenvalue weighted by Gasteiger charge is -2.14. The average molecular weight is 306 g/mol. The lowest BCUT2D eigenvalue weighted by molar-refractivity contribution is 0.0785. The smallest absolute Gasteiger partial charge is 0.256 e. The quantitative estimate of drug-likeness (QED) is 0.876. The highest BCUT2D eigenvalue weighted by Gasteiger charge is 2.26. The summed E-state index contributed by atoms with van der Waals surface area (Å²) in [5.74, 6) is -0.0430. The number of hydrogen-bond acceptors (Lipinski definition) is 3. The molecule has 0 saturated heterocycles. The van der Waals surface area contributed by atoms with Gasteiger partial charge in [0.05, 0.1) is 42.1 Å². The zero-order valence-electron chi connectivity index (χ0n) is 12.0. The highest BCUT2D eigenvalue weighted by atomic mass is 35.5. The van der Waals surface area contributed by atoms with Gasteiger partial charge in [0.25, 0.3) is 5.91 Å². The summed E-state index contributed by atoms with van der Waals surface area (Å²) in [7, 11) is 1.78. The first kappa shape index (κ1) is 14.1. The Kier molecular flexibility index (Phi) is 3.69. The molecule has 1 aromatic carbocycles. The number of rotatable bonds is 3. The van der Waals surface area contributed by atoms with E-state index in [0.29, 0.717) is 30.3 Å². The molecular weight excluding hydrogens is 290 g/mol. The van der Waals surface area contributed by atoms with Gasteiger partial charge in [-0.1, -0.05) is 11.6 Å². The number of halogens is 1. The van der Waals surface area contributed by atoms with Gasteiger partial charge in [-0.15, -0.1) is 0 Å². The van der Waals surface area contributed by atoms with Crippen molar-refractivity contribution < 1.29 is 9.53 Å². The second-order valence-corrected chi connectivity index (χ2v) is 5.40. The molecule has 0 radical (unpaired) electrons. The number of carbonyl (C=O) groups is 1. The Morgan fingerprint density at radius 2 is 2.24 bits per heavy atom. The number of carbonyl (C=O) groups excluding carboxylic acids is 1. The van der Waals surface area contributed by atoms with Crippen LogP contribution in [-0.2, 0) is 17.9 Å². The number of nitrogens with zero attached hydrogens (tertiary/aromatic N) is 3. The van der Waals surface area contributed by atoms with Gasteiger partial charge >= 0.3 is 0 Å². The topological polar surface area (TPSA) is 47.4 Å². The summed E-state index contributed by atoms with van der Waals surface area (Å²) in [5, 5.41) is 0.550. The van der Waals surface area contributed by atoms with Crippen LogP contribution >= 0.6 is 11.6 Å². The Bertz CT molecular complexity index is 696. The summed E-state index contributed by atoms with van der Waals surface area (Å²) < 4.78 is 7.40. The van der Waals surface area contributed by atoms with E-state index in [1.54, 1.807) is 30.4 Å². The minimum absolute atomic E-state index is 0.0430. The molecule has 1 aliphatic rings. The molecule has 0 saturated carbocycles. The van der Waals surface area contributed by atoms with E-state index < -0.39 is 0 Å². The van der Waals surface area contributed by atoms with Crippen LogP contribution in [0.5, 0.6) is 0 Å². The molecule has 0 N–H and O–H groups in total. The Hall–Kier alpha value is -1.85. The molecule has 0 atom stereocenters. The molecule has 5 nitrogen and oxygen atoms in total. The van der Waals surface area contributed by atoms with Gasteiger partial charge < -0.3 is 14.2 Å². The van der Waals surface area contributed by atoms with Crippen molar-refractivity contribution in [1.82, 2.24) is 14.5 Å². The molecule has 1 aliphatic heterocycles. The summed E-state index contributed by atoms with van der Waals surface area (Å²) in [4.78, 5) is 18.6. The van der Waals surface area contributed by atoms with Gasteiger partial charge in [-0.2, -0.15) is 0 Å². The SMILES string of the molecule is CCOCc1ncn2c1CN(C)C(=O)c1cc(Cl)ccc1-2. The Labute approximate surface area is 128 Å². The molecule has 0 spiro atoms. The van der Waals surface area contributed by atoms with Crippen molar-refractivity contribution >= 4 is 17.5 Å². The van der Waals surface area contributed by atoms with Gasteiger partial charge in [0.1, 0.15) is 0 Å². The third-order valence-electron chi connectivity index (χ3n) is 3.58. The molecule has 110 valence electrons. The Morgan fingerprint density at radius 1 is 1.43 bits per heavy atom. The molecule has 0 bridgehead atoms. The minimum atomic E-state index is -0.0430. The number of ether oxygens (including phenoxy) is 1. The molecular formula is C15H16ClN3O2. The molecule has 0 aliphatic carbocycles. The number of aromatic nitrogens is 2. The first-order valence-electron chi connectivity index (χ1n) is 6.80. The predicted octanol–water partition coefficient (Wildman–Crippen LogP) is 2.65. The van der Waals surface area contributed by atoms with E-state index >= 15 is 0 Å². The van der Waals surface area contributed by atoms with E-state index in [0.717, 1.165) is 17.1 Å². The zero-order chi connectivity index (χ0) is 15.0. The van der Waals surface area contributed by atoms with Gasteiger partial charge in [0.15, 0.2) is 0 Å². The van der Waals surface area contributed by atoms with Crippen LogP contribution in [0.2, 0.25) is 5.02 Å². The summed E-state index contributed by atoms with van der Waals surface area (Å²) in [6.45, 7) is 3.52. The van der Waals surface area contributed by atoms with Crippen LogP contribution in [-0.4, -0.2) is 34.0 Å². The molecule has 2 aromatic rings. The average Bonchev–Trinajstić information content (AvgIpc) is 2.82. The van der Waals surface area contributed by atoms with E-state index in [1.807, 2.05) is 17.6 Å². The van der Waals surface area contributed by atoms with Gasteiger partial charge in [0, 0.05) is 18.7 Å². The van der Waals surface area contributed by atoms with E-state index in [1.165, 1.54) is 0 Å². The summed E-state index contributed by atoms with van der Waals surface area (Å²) >= 11 is 6.03. The minimum Gasteiger partial charge on any atom is -0.375 e. The van der Waals surface area contributed by atoms with Gasteiger partial charge in [-0.25, -0.2) is 4.98 Å². The molecule has 2 heterocycles. The maximum Gasteiger partial charge on any atom is 0.256 e. The number of fused-ring (bicyclic) bond motifs is 3. The number of hydrogen-bond donors (Lipinski definition) is 0. The lowest BCUT2D eigenvalue weighted by Crippen LogP contribution is -2.25. The molecule has 6 heteroatoms. The standard InChI is InChI=1S/C15H16ClN3O2/c1-3-21-8-12-14-7-18(2)15(20)11-6-10(16)4-5-13(11)19(14)9-17-12/h4-6,9H,3,7-8H2,1-2H3. The van der Waals surface area contributed by atoms with Crippen molar-refractivity contribution in [3.63, 3.8) is 0 Å². The van der Waals surface area contributed by atoms with Crippen LogP contribution in [0.25, 0.3) is 5.69 Å². The third kappa shape index (κ3) is 2.43. The van der Waals surface area contributed by atoms with Crippen LogP contribution < -0.4 is 0 Å². The molecule has 0 fully saturated rings. The number of benzene rings is 1. The highest BCUT2D eigenvalue weighted by molar-refractivity contribution is 6.31. The van der Waals surface area contributed by atoms with Crippen molar-refractivity contribution in [1.29, 1.82) is 0 Å². The Morgan fingerprint density at radius 3 is 3.00 bits per heavy atom. The van der Waals surface area contributed by atoms with Crippen molar-refractivity contribution in [2.75, 3.05) is 13.7 Å². The fourth-order valence-corrected chi connectivity index (χ4v) is 2.67. The molecule has 0 unspecified atom stereocenters. The summed E-state index contributed by atoms with van der Waals surface area (Å²) in [5.41, 5.74) is 3.22. The van der Waals surface area contributed by atoms with E-state index in [-0.39, 0.29) is 5.91 Å². The van der Waals surface area contributed by atoms with Crippen molar-refractivity contribution in [2.45, 2.75) is 20.1 Å². The van der Waals surface area contributed by atoms with E-state index in [2.05, 4.69) is 4.98 Å². The number of imidazole rings is 1. The van der Waals surface area contributed by atoms with Crippen LogP contribution in [0, 0.1) is 0 Å². The Balaban J connectivity index is 2.15. The maximum absolute atomic E-state index is 12.5. The zero-order valence-corrected chi connectivity index (χ0v) is 12.7. The van der Waals surface area contributed by atoms with Crippen LogP contribution in [0.1, 0.15) is 28.7 Å². The normalized spacial score (nSPS) is 13.9. The molecule has 21 heavy (non-hydrogen) atoms. The molecule has 3 rings (SSSR count). The summed E-state index contributed by atoms with van der Waals surface area (Å²) in [6.07, 6.45) is 1.74. The first-order chi connectivity index (χ1) is 10.1. The maximum atomic E-state index is 12.5. The predicted molar refractivity (Wildman–Crippen MR) is 79.7 cm³/mol. The van der Waals surface area contributed by atoms with Crippen LogP contribution in [0.4, 0.5) is 0 Å². The van der Waals surface area contributed by atoms with Crippen molar-refractivity contribution in [3.8, 4) is 5.69 Å². The number of amides is 1. The fraction of sp³-hybridized carbons (Fsp3) is 0.333. The van der Waals surface area contributed by atoms with Gasteiger partial charge in [0.2, 0.25) is 0 Å².